The van der Waals surface area contributed by atoms with Gasteiger partial charge in [0.2, 0.25) is 5.78 Å². The van der Waals surface area contributed by atoms with E-state index in [9.17, 15) is 34.8 Å². The van der Waals surface area contributed by atoms with Gasteiger partial charge in [0, 0.05) is 22.8 Å². The Morgan fingerprint density at radius 2 is 1.65 bits per heavy atom. The minimum atomic E-state index is -2.53. The van der Waals surface area contributed by atoms with Gasteiger partial charge in [0.25, 0.3) is 0 Å². The first-order valence-electron chi connectivity index (χ1n) is 10.2. The number of aliphatic hydroxyl groups excluding tert-OH is 2. The van der Waals surface area contributed by atoms with Crippen LogP contribution in [0.5, 0.6) is 5.75 Å². The van der Waals surface area contributed by atoms with Crippen LogP contribution in [0, 0.1) is 24.7 Å². The van der Waals surface area contributed by atoms with Crippen molar-refractivity contribution in [1.29, 1.82) is 0 Å². The van der Waals surface area contributed by atoms with Crippen molar-refractivity contribution in [3.8, 4) is 5.75 Å². The summed E-state index contributed by atoms with van der Waals surface area (Å²) in [4.78, 5) is 38.4. The molecule has 3 aliphatic rings. The molecule has 3 unspecified atom stereocenters. The molecule has 4 rings (SSSR count). The third kappa shape index (κ3) is 2.41. The lowest BCUT2D eigenvalue weighted by atomic mass is 9.47. The van der Waals surface area contributed by atoms with Gasteiger partial charge in [0.15, 0.2) is 17.2 Å². The number of carbonyl (C=O) groups excluding carboxylic acids is 3. The smallest absolute Gasteiger partial charge is 0.203 e. The number of benzene rings is 1. The number of rotatable bonds is 1. The summed E-state index contributed by atoms with van der Waals surface area (Å²) in [6.45, 7) is 7.94. The van der Waals surface area contributed by atoms with Gasteiger partial charge in [-0.25, -0.2) is 0 Å². The predicted molar refractivity (Wildman–Crippen MR) is 112 cm³/mol. The van der Waals surface area contributed by atoms with Gasteiger partial charge in [-0.15, -0.1) is 0 Å². The monoisotopic (exact) mass is 426 g/mol. The second-order valence-corrected chi connectivity index (χ2v) is 9.83. The molecule has 0 bridgehead atoms. The number of Topliss-reactive ketones (excluding diaryl/α,β-unsaturated/α-hetero) is 3. The van der Waals surface area contributed by atoms with Gasteiger partial charge in [-0.1, -0.05) is 19.9 Å². The lowest BCUT2D eigenvalue weighted by Crippen LogP contribution is -2.65. The second-order valence-electron chi connectivity index (χ2n) is 9.83. The van der Waals surface area contributed by atoms with Crippen molar-refractivity contribution in [1.82, 2.24) is 0 Å². The molecule has 31 heavy (non-hydrogen) atoms. The number of carbonyl (C=O) groups is 3. The van der Waals surface area contributed by atoms with Crippen LogP contribution >= 0.6 is 0 Å². The molecule has 0 spiro atoms. The number of aromatic hydroxyl groups is 1. The molecule has 4 N–H and O–H groups in total. The van der Waals surface area contributed by atoms with Crippen molar-refractivity contribution in [2.75, 3.05) is 0 Å². The molecule has 7 heteroatoms. The molecular formula is C24H26O7. The molecule has 0 aliphatic heterocycles. The Kier molecular flexibility index (Phi) is 4.17. The Hall–Kier alpha value is -2.93. The lowest BCUT2D eigenvalue weighted by Gasteiger charge is -2.56. The van der Waals surface area contributed by atoms with Crippen LogP contribution in [0.15, 0.2) is 23.0 Å². The van der Waals surface area contributed by atoms with Crippen LogP contribution in [0.1, 0.15) is 55.9 Å². The quantitative estimate of drug-likeness (QED) is 0.508. The average molecular weight is 426 g/mol. The van der Waals surface area contributed by atoms with Crippen molar-refractivity contribution in [2.45, 2.75) is 59.5 Å². The Morgan fingerprint density at radius 3 is 2.23 bits per heavy atom. The topological polar surface area (TPSA) is 132 Å². The third-order valence-corrected chi connectivity index (χ3v) is 7.44. The van der Waals surface area contributed by atoms with E-state index in [2.05, 4.69) is 0 Å². The molecule has 1 saturated carbocycles. The first-order valence-corrected chi connectivity index (χ1v) is 10.2. The number of fused-ring (bicyclic) bond motifs is 3. The van der Waals surface area contributed by atoms with Crippen molar-refractivity contribution in [2.24, 2.45) is 10.8 Å². The van der Waals surface area contributed by atoms with Crippen molar-refractivity contribution in [3.05, 3.63) is 45.2 Å². The molecule has 0 amide bonds. The number of aliphatic hydroxyl groups is 3. The molecule has 3 aliphatic carbocycles. The fourth-order valence-electron chi connectivity index (χ4n) is 6.07. The molecule has 0 radical (unpaired) electrons. The second kappa shape index (κ2) is 6.07. The molecule has 164 valence electrons. The van der Waals surface area contributed by atoms with Crippen LogP contribution < -0.4 is 0 Å². The molecule has 3 atom stereocenters. The zero-order chi connectivity index (χ0) is 23.3. The summed E-state index contributed by atoms with van der Waals surface area (Å²) < 4.78 is 0. The number of phenolic OH excluding ortho intramolecular Hbond substituents is 1. The van der Waals surface area contributed by atoms with E-state index in [1.54, 1.807) is 26.8 Å². The zero-order valence-corrected chi connectivity index (χ0v) is 18.2. The largest absolute Gasteiger partial charge is 0.508 e. The van der Waals surface area contributed by atoms with E-state index < -0.39 is 50.9 Å². The molecular weight excluding hydrogens is 400 g/mol. The van der Waals surface area contributed by atoms with Crippen LogP contribution in [0.3, 0.4) is 0 Å². The van der Waals surface area contributed by atoms with Crippen LogP contribution in [-0.2, 0) is 20.8 Å². The Balaban J connectivity index is 2.06. The van der Waals surface area contributed by atoms with Gasteiger partial charge >= 0.3 is 0 Å². The maximum absolute atomic E-state index is 13.7. The number of hydrogen-bond acceptors (Lipinski definition) is 7. The van der Waals surface area contributed by atoms with Crippen molar-refractivity contribution in [3.63, 3.8) is 0 Å². The van der Waals surface area contributed by atoms with Crippen LogP contribution in [0.4, 0.5) is 0 Å². The minimum absolute atomic E-state index is 0.107. The van der Waals surface area contributed by atoms with Gasteiger partial charge < -0.3 is 20.4 Å². The molecule has 1 aromatic rings. The highest BCUT2D eigenvalue weighted by Gasteiger charge is 2.68. The average Bonchev–Trinajstić information content (AvgIpc) is 2.62. The van der Waals surface area contributed by atoms with Crippen LogP contribution in [-0.4, -0.2) is 43.4 Å². The summed E-state index contributed by atoms with van der Waals surface area (Å²) in [5.74, 6) is -3.86. The van der Waals surface area contributed by atoms with E-state index in [1.165, 1.54) is 0 Å². The highest BCUT2D eigenvalue weighted by Crippen LogP contribution is 2.62. The predicted octanol–water partition coefficient (Wildman–Crippen LogP) is 2.92. The van der Waals surface area contributed by atoms with Crippen LogP contribution in [0.25, 0.3) is 5.76 Å². The van der Waals surface area contributed by atoms with Gasteiger partial charge in [0.05, 0.1) is 5.56 Å². The maximum atomic E-state index is 13.7. The van der Waals surface area contributed by atoms with Gasteiger partial charge in [-0.3, -0.25) is 14.4 Å². The minimum Gasteiger partial charge on any atom is -0.508 e. The molecule has 0 heterocycles. The normalized spacial score (nSPS) is 32.6. The van der Waals surface area contributed by atoms with Gasteiger partial charge in [-0.2, -0.15) is 0 Å². The number of hydrogen-bond donors (Lipinski definition) is 4. The van der Waals surface area contributed by atoms with Crippen LogP contribution in [0.2, 0.25) is 0 Å². The Bertz CT molecular complexity index is 1170. The van der Waals surface area contributed by atoms with E-state index in [1.807, 2.05) is 6.92 Å². The van der Waals surface area contributed by atoms with E-state index in [-0.39, 0.29) is 29.7 Å². The standard InChI is InChI=1S/C24H26O7/c1-10-6-11(2)18(27)16-13(10)7-22(4)9-23(5)8-14(26)15(12(3)25)20(29)24(23,31)21(30)17(22)19(16)28/h6,27-29,31H,7-9H2,1-5H3. The molecule has 1 aromatic carbocycles. The first kappa shape index (κ1) is 21.3. The molecule has 0 aromatic heterocycles. The number of allylic oxidation sites excluding steroid dienone is 1. The fourth-order valence-corrected chi connectivity index (χ4v) is 6.07. The molecule has 7 nitrogen and oxygen atoms in total. The highest BCUT2D eigenvalue weighted by molar-refractivity contribution is 6.23. The number of ketones is 3. The summed E-state index contributed by atoms with van der Waals surface area (Å²) in [5, 5.41) is 44.2. The Morgan fingerprint density at radius 1 is 1.03 bits per heavy atom. The fraction of sp³-hybridized carbons (Fsp3) is 0.458. The highest BCUT2D eigenvalue weighted by atomic mass is 16.3. The van der Waals surface area contributed by atoms with Crippen molar-refractivity contribution < 1.29 is 34.8 Å². The summed E-state index contributed by atoms with van der Waals surface area (Å²) >= 11 is 0. The number of aryl methyl sites for hydroxylation is 2. The van der Waals surface area contributed by atoms with E-state index >= 15 is 0 Å². The Labute approximate surface area is 179 Å². The van der Waals surface area contributed by atoms with Gasteiger partial charge in [-0.05, 0) is 50.3 Å². The number of phenols is 1. The third-order valence-electron chi connectivity index (χ3n) is 7.44. The van der Waals surface area contributed by atoms with Crippen molar-refractivity contribution >= 4 is 23.1 Å². The SMILES string of the molecule is CC(=O)C1=C(O)C2(O)C(=O)C3=C(O)c4c(O)c(C)cc(C)c4CC3(C)CC2(C)CC1=O. The maximum Gasteiger partial charge on any atom is 0.203 e. The van der Waals surface area contributed by atoms with E-state index in [4.69, 9.17) is 0 Å². The molecule has 1 fully saturated rings. The van der Waals surface area contributed by atoms with E-state index in [0.717, 1.165) is 12.5 Å². The lowest BCUT2D eigenvalue weighted by molar-refractivity contribution is -0.164. The summed E-state index contributed by atoms with van der Waals surface area (Å²) in [6, 6.07) is 1.80. The summed E-state index contributed by atoms with van der Waals surface area (Å²) in [7, 11) is 0. The first-order chi connectivity index (χ1) is 14.2. The zero-order valence-electron chi connectivity index (χ0n) is 18.2. The van der Waals surface area contributed by atoms with E-state index in [0.29, 0.717) is 17.5 Å². The summed E-state index contributed by atoms with van der Waals surface area (Å²) in [6.07, 6.45) is 0.121. The summed E-state index contributed by atoms with van der Waals surface area (Å²) in [5.41, 5.74) is -3.33. The van der Waals surface area contributed by atoms with Gasteiger partial charge in [0.1, 0.15) is 22.8 Å². The molecule has 0 saturated heterocycles.